The van der Waals surface area contributed by atoms with Gasteiger partial charge < -0.3 is 15.2 Å². The van der Waals surface area contributed by atoms with Crippen molar-refractivity contribution >= 4 is 0 Å². The highest BCUT2D eigenvalue weighted by molar-refractivity contribution is 4.90. The van der Waals surface area contributed by atoms with Gasteiger partial charge in [-0.25, -0.2) is 0 Å². The first-order chi connectivity index (χ1) is 7.66. The number of nitrogens with two attached hydrogens (primary N) is 1. The van der Waals surface area contributed by atoms with Crippen LogP contribution in [-0.2, 0) is 9.47 Å². The zero-order valence-electron chi connectivity index (χ0n) is 10.9. The maximum Gasteiger partial charge on any atom is 0.0656 e. The molecule has 0 saturated carbocycles. The SMILES string of the molecule is CCOC1CCN(C(C)(CN)COC)CC1. The summed E-state index contributed by atoms with van der Waals surface area (Å²) in [6, 6.07) is 0. The van der Waals surface area contributed by atoms with Crippen molar-refractivity contribution in [2.75, 3.05) is 40.0 Å². The van der Waals surface area contributed by atoms with Crippen LogP contribution in [-0.4, -0.2) is 56.5 Å². The van der Waals surface area contributed by atoms with Crippen LogP contribution in [0.5, 0.6) is 0 Å². The summed E-state index contributed by atoms with van der Waals surface area (Å²) in [5, 5.41) is 0. The van der Waals surface area contributed by atoms with Gasteiger partial charge in [0, 0.05) is 33.4 Å². The van der Waals surface area contributed by atoms with E-state index in [4.69, 9.17) is 15.2 Å². The number of methoxy groups -OCH3 is 1. The molecule has 1 aliphatic heterocycles. The van der Waals surface area contributed by atoms with E-state index in [0.717, 1.165) is 32.5 Å². The van der Waals surface area contributed by atoms with E-state index in [1.165, 1.54) is 0 Å². The topological polar surface area (TPSA) is 47.7 Å². The summed E-state index contributed by atoms with van der Waals surface area (Å²) >= 11 is 0. The van der Waals surface area contributed by atoms with Gasteiger partial charge in [-0.05, 0) is 26.7 Å². The molecule has 0 amide bonds. The number of ether oxygens (including phenoxy) is 2. The second kappa shape index (κ2) is 6.55. The Morgan fingerprint density at radius 3 is 2.44 bits per heavy atom. The molecule has 96 valence electrons. The van der Waals surface area contributed by atoms with Crippen molar-refractivity contribution in [2.24, 2.45) is 5.73 Å². The average Bonchev–Trinajstić information content (AvgIpc) is 2.30. The van der Waals surface area contributed by atoms with Crippen LogP contribution in [0.4, 0.5) is 0 Å². The third kappa shape index (κ3) is 3.42. The number of hydrogen-bond donors (Lipinski definition) is 1. The van der Waals surface area contributed by atoms with Crippen molar-refractivity contribution in [1.29, 1.82) is 0 Å². The maximum atomic E-state index is 5.86. The van der Waals surface area contributed by atoms with E-state index in [-0.39, 0.29) is 5.54 Å². The molecule has 1 heterocycles. The van der Waals surface area contributed by atoms with Crippen LogP contribution in [0.1, 0.15) is 26.7 Å². The Labute approximate surface area is 99.1 Å². The molecule has 4 heteroatoms. The second-order valence-corrected chi connectivity index (χ2v) is 4.78. The van der Waals surface area contributed by atoms with Crippen molar-refractivity contribution in [3.8, 4) is 0 Å². The van der Waals surface area contributed by atoms with E-state index >= 15 is 0 Å². The van der Waals surface area contributed by atoms with Crippen molar-refractivity contribution < 1.29 is 9.47 Å². The van der Waals surface area contributed by atoms with E-state index in [0.29, 0.717) is 19.3 Å². The van der Waals surface area contributed by atoms with Gasteiger partial charge in [0.15, 0.2) is 0 Å². The summed E-state index contributed by atoms with van der Waals surface area (Å²) in [6.07, 6.45) is 2.64. The van der Waals surface area contributed by atoms with Crippen LogP contribution >= 0.6 is 0 Å². The van der Waals surface area contributed by atoms with Crippen LogP contribution in [0.3, 0.4) is 0 Å². The molecule has 1 unspecified atom stereocenters. The minimum Gasteiger partial charge on any atom is -0.383 e. The quantitative estimate of drug-likeness (QED) is 0.735. The summed E-state index contributed by atoms with van der Waals surface area (Å²) < 4.78 is 10.9. The van der Waals surface area contributed by atoms with Crippen molar-refractivity contribution in [3.05, 3.63) is 0 Å². The first kappa shape index (κ1) is 13.9. The van der Waals surface area contributed by atoms with E-state index in [9.17, 15) is 0 Å². The van der Waals surface area contributed by atoms with Gasteiger partial charge in [0.25, 0.3) is 0 Å². The molecule has 1 rings (SSSR count). The molecule has 0 spiro atoms. The number of hydrogen-bond acceptors (Lipinski definition) is 4. The Bertz CT molecular complexity index is 193. The first-order valence-electron chi connectivity index (χ1n) is 6.22. The van der Waals surface area contributed by atoms with Gasteiger partial charge in [-0.2, -0.15) is 0 Å². The highest BCUT2D eigenvalue weighted by atomic mass is 16.5. The fourth-order valence-electron chi connectivity index (χ4n) is 2.39. The van der Waals surface area contributed by atoms with Gasteiger partial charge in [-0.15, -0.1) is 0 Å². The lowest BCUT2D eigenvalue weighted by molar-refractivity contribution is -0.0346. The van der Waals surface area contributed by atoms with Crippen LogP contribution < -0.4 is 5.73 Å². The molecule has 1 saturated heterocycles. The third-order valence-electron chi connectivity index (χ3n) is 3.50. The van der Waals surface area contributed by atoms with E-state index in [1.54, 1.807) is 7.11 Å². The molecule has 0 bridgehead atoms. The summed E-state index contributed by atoms with van der Waals surface area (Å²) in [6.45, 7) is 8.50. The summed E-state index contributed by atoms with van der Waals surface area (Å²) in [7, 11) is 1.74. The van der Waals surface area contributed by atoms with Gasteiger partial charge in [-0.3, -0.25) is 4.90 Å². The first-order valence-corrected chi connectivity index (χ1v) is 6.22. The molecule has 0 radical (unpaired) electrons. The van der Waals surface area contributed by atoms with Crippen LogP contribution in [0, 0.1) is 0 Å². The van der Waals surface area contributed by atoms with Gasteiger partial charge in [0.05, 0.1) is 18.2 Å². The molecule has 0 aromatic carbocycles. The fraction of sp³-hybridized carbons (Fsp3) is 1.00. The van der Waals surface area contributed by atoms with Gasteiger partial charge in [-0.1, -0.05) is 0 Å². The number of likely N-dealkylation sites (tertiary alicyclic amines) is 1. The maximum absolute atomic E-state index is 5.86. The van der Waals surface area contributed by atoms with Crippen molar-refractivity contribution in [3.63, 3.8) is 0 Å². The zero-order valence-corrected chi connectivity index (χ0v) is 10.9. The van der Waals surface area contributed by atoms with Crippen LogP contribution in [0.15, 0.2) is 0 Å². The van der Waals surface area contributed by atoms with Crippen LogP contribution in [0.25, 0.3) is 0 Å². The molecule has 1 atom stereocenters. The molecule has 1 fully saturated rings. The van der Waals surface area contributed by atoms with E-state index < -0.39 is 0 Å². The lowest BCUT2D eigenvalue weighted by Gasteiger charge is -2.44. The lowest BCUT2D eigenvalue weighted by atomic mass is 9.96. The predicted octanol–water partition coefficient (Wildman–Crippen LogP) is 0.851. The number of rotatable bonds is 6. The van der Waals surface area contributed by atoms with Gasteiger partial charge in [0.2, 0.25) is 0 Å². The summed E-state index contributed by atoms with van der Waals surface area (Å²) in [5.41, 5.74) is 5.84. The largest absolute Gasteiger partial charge is 0.383 e. The smallest absolute Gasteiger partial charge is 0.0656 e. The molecule has 0 aromatic heterocycles. The minimum atomic E-state index is -0.0219. The van der Waals surface area contributed by atoms with Gasteiger partial charge >= 0.3 is 0 Å². The summed E-state index contributed by atoms with van der Waals surface area (Å²) in [5.74, 6) is 0. The number of nitrogens with zero attached hydrogens (tertiary/aromatic N) is 1. The minimum absolute atomic E-state index is 0.0219. The highest BCUT2D eigenvalue weighted by Crippen LogP contribution is 2.22. The standard InChI is InChI=1S/C12H26N2O2/c1-4-16-11-5-7-14(8-6-11)12(2,9-13)10-15-3/h11H,4-10,13H2,1-3H3. The third-order valence-corrected chi connectivity index (χ3v) is 3.50. The van der Waals surface area contributed by atoms with E-state index in [1.807, 2.05) is 0 Å². The molecule has 1 aliphatic rings. The molecule has 2 N–H and O–H groups in total. The Kier molecular flexibility index (Phi) is 5.69. The highest BCUT2D eigenvalue weighted by Gasteiger charge is 2.33. The molecule has 0 aromatic rings. The number of piperidine rings is 1. The summed E-state index contributed by atoms with van der Waals surface area (Å²) in [4.78, 5) is 2.44. The van der Waals surface area contributed by atoms with Crippen LogP contribution in [0.2, 0.25) is 0 Å². The monoisotopic (exact) mass is 230 g/mol. The van der Waals surface area contributed by atoms with Crippen molar-refractivity contribution in [1.82, 2.24) is 4.90 Å². The van der Waals surface area contributed by atoms with E-state index in [2.05, 4.69) is 18.7 Å². The molecule has 0 aliphatic carbocycles. The normalized spacial score (nSPS) is 23.2. The predicted molar refractivity (Wildman–Crippen MR) is 65.6 cm³/mol. The molecular weight excluding hydrogens is 204 g/mol. The molecular formula is C12H26N2O2. The van der Waals surface area contributed by atoms with Gasteiger partial charge in [0.1, 0.15) is 0 Å². The fourth-order valence-corrected chi connectivity index (χ4v) is 2.39. The lowest BCUT2D eigenvalue weighted by Crippen LogP contribution is -2.57. The Morgan fingerprint density at radius 2 is 2.00 bits per heavy atom. The zero-order chi connectivity index (χ0) is 12.0. The Hall–Kier alpha value is -0.160. The average molecular weight is 230 g/mol. The Morgan fingerprint density at radius 1 is 1.38 bits per heavy atom. The van der Waals surface area contributed by atoms with Crippen molar-refractivity contribution in [2.45, 2.75) is 38.3 Å². The second-order valence-electron chi connectivity index (χ2n) is 4.78. The Balaban J connectivity index is 2.44. The molecule has 16 heavy (non-hydrogen) atoms. The molecule has 4 nitrogen and oxygen atoms in total.